The summed E-state index contributed by atoms with van der Waals surface area (Å²) in [6.45, 7) is 3.93. The minimum atomic E-state index is -0.469. The SMILES string of the molecule is Cc1cnc(Cn2ccc(C)c(C(=O)NCc3ncccc3Cl)c2=O)cn1. The van der Waals surface area contributed by atoms with Crippen LogP contribution in [0.4, 0.5) is 0 Å². The van der Waals surface area contributed by atoms with Gasteiger partial charge in [0.05, 0.1) is 41.4 Å². The third-order valence-electron chi connectivity index (χ3n) is 4.02. The molecule has 0 bridgehead atoms. The van der Waals surface area contributed by atoms with Gasteiger partial charge in [0, 0.05) is 18.6 Å². The average molecular weight is 384 g/mol. The van der Waals surface area contributed by atoms with Crippen LogP contribution in [0.1, 0.15) is 33.0 Å². The zero-order chi connectivity index (χ0) is 19.4. The van der Waals surface area contributed by atoms with Crippen LogP contribution in [0.3, 0.4) is 0 Å². The number of nitrogens with one attached hydrogen (secondary N) is 1. The molecule has 0 aliphatic carbocycles. The highest BCUT2D eigenvalue weighted by Gasteiger charge is 2.16. The Morgan fingerprint density at radius 3 is 2.70 bits per heavy atom. The van der Waals surface area contributed by atoms with Gasteiger partial charge in [0.1, 0.15) is 5.56 Å². The van der Waals surface area contributed by atoms with Gasteiger partial charge in [0.2, 0.25) is 0 Å². The molecule has 3 heterocycles. The quantitative estimate of drug-likeness (QED) is 0.730. The lowest BCUT2D eigenvalue weighted by molar-refractivity contribution is 0.0947. The standard InChI is InChI=1S/C19H18ClN5O2/c1-12-5-7-25(11-14-9-22-13(2)8-23-14)19(27)17(12)18(26)24-10-16-15(20)4-3-6-21-16/h3-9H,10-11H2,1-2H3,(H,24,26). The second-order valence-electron chi connectivity index (χ2n) is 6.07. The summed E-state index contributed by atoms with van der Waals surface area (Å²) in [4.78, 5) is 37.9. The van der Waals surface area contributed by atoms with Crippen LogP contribution in [0.15, 0.2) is 47.8 Å². The van der Waals surface area contributed by atoms with Gasteiger partial charge in [-0.05, 0) is 37.6 Å². The lowest BCUT2D eigenvalue weighted by Crippen LogP contribution is -2.34. The van der Waals surface area contributed by atoms with Crippen LogP contribution in [0, 0.1) is 13.8 Å². The number of halogens is 1. The van der Waals surface area contributed by atoms with Gasteiger partial charge < -0.3 is 9.88 Å². The van der Waals surface area contributed by atoms with E-state index in [1.54, 1.807) is 49.9 Å². The molecule has 3 rings (SSSR count). The number of aryl methyl sites for hydroxylation is 2. The molecule has 0 aliphatic heterocycles. The Morgan fingerprint density at radius 2 is 2.00 bits per heavy atom. The second kappa shape index (κ2) is 8.09. The van der Waals surface area contributed by atoms with E-state index in [2.05, 4.69) is 20.3 Å². The lowest BCUT2D eigenvalue weighted by atomic mass is 10.1. The van der Waals surface area contributed by atoms with Crippen LogP contribution in [-0.2, 0) is 13.1 Å². The Balaban J connectivity index is 1.82. The molecule has 0 aliphatic rings. The minimum absolute atomic E-state index is 0.0876. The number of aromatic nitrogens is 4. The molecule has 0 aromatic carbocycles. The van der Waals surface area contributed by atoms with E-state index in [1.165, 1.54) is 4.57 Å². The number of hydrogen-bond donors (Lipinski definition) is 1. The predicted molar refractivity (Wildman–Crippen MR) is 102 cm³/mol. The Hall–Kier alpha value is -3.06. The number of hydrogen-bond acceptors (Lipinski definition) is 5. The summed E-state index contributed by atoms with van der Waals surface area (Å²) in [7, 11) is 0. The number of carbonyl (C=O) groups is 1. The van der Waals surface area contributed by atoms with Crippen LogP contribution >= 0.6 is 11.6 Å². The molecule has 1 N–H and O–H groups in total. The van der Waals surface area contributed by atoms with E-state index in [-0.39, 0.29) is 24.2 Å². The van der Waals surface area contributed by atoms with E-state index in [9.17, 15) is 9.59 Å². The van der Waals surface area contributed by atoms with E-state index in [1.807, 2.05) is 6.92 Å². The minimum Gasteiger partial charge on any atom is -0.346 e. The molecular formula is C19H18ClN5O2. The van der Waals surface area contributed by atoms with Gasteiger partial charge in [-0.25, -0.2) is 0 Å². The average Bonchev–Trinajstić information content (AvgIpc) is 2.65. The first-order valence-electron chi connectivity index (χ1n) is 8.31. The van der Waals surface area contributed by atoms with Crippen molar-refractivity contribution in [2.24, 2.45) is 0 Å². The molecular weight excluding hydrogens is 366 g/mol. The molecule has 0 unspecified atom stereocenters. The molecule has 3 aromatic heterocycles. The Labute approximate surface area is 161 Å². The highest BCUT2D eigenvalue weighted by Crippen LogP contribution is 2.12. The van der Waals surface area contributed by atoms with Crippen molar-refractivity contribution in [1.82, 2.24) is 24.8 Å². The molecule has 0 spiro atoms. The smallest absolute Gasteiger partial charge is 0.264 e. The first-order chi connectivity index (χ1) is 13.0. The summed E-state index contributed by atoms with van der Waals surface area (Å²) >= 11 is 6.05. The zero-order valence-corrected chi connectivity index (χ0v) is 15.7. The van der Waals surface area contributed by atoms with Gasteiger partial charge in [-0.3, -0.25) is 24.5 Å². The molecule has 7 nitrogen and oxygen atoms in total. The summed E-state index contributed by atoms with van der Waals surface area (Å²) in [5, 5.41) is 3.17. The number of amides is 1. The lowest BCUT2D eigenvalue weighted by Gasteiger charge is -2.11. The molecule has 27 heavy (non-hydrogen) atoms. The molecule has 0 fully saturated rings. The molecule has 8 heteroatoms. The maximum absolute atomic E-state index is 12.8. The van der Waals surface area contributed by atoms with E-state index >= 15 is 0 Å². The molecule has 0 radical (unpaired) electrons. The topological polar surface area (TPSA) is 89.8 Å². The molecule has 0 atom stereocenters. The van der Waals surface area contributed by atoms with E-state index in [0.29, 0.717) is 22.0 Å². The van der Waals surface area contributed by atoms with E-state index < -0.39 is 5.91 Å². The van der Waals surface area contributed by atoms with Gasteiger partial charge in [-0.1, -0.05) is 11.6 Å². The summed E-state index contributed by atoms with van der Waals surface area (Å²) in [6, 6.07) is 5.13. The van der Waals surface area contributed by atoms with Crippen LogP contribution in [0.25, 0.3) is 0 Å². The maximum atomic E-state index is 12.8. The molecule has 1 amide bonds. The van der Waals surface area contributed by atoms with Gasteiger partial charge in [0.25, 0.3) is 11.5 Å². The van der Waals surface area contributed by atoms with Crippen molar-refractivity contribution in [3.63, 3.8) is 0 Å². The van der Waals surface area contributed by atoms with Crippen molar-refractivity contribution in [2.75, 3.05) is 0 Å². The summed E-state index contributed by atoms with van der Waals surface area (Å²) in [5.41, 5.74) is 2.26. The van der Waals surface area contributed by atoms with Crippen molar-refractivity contribution in [1.29, 1.82) is 0 Å². The molecule has 0 saturated carbocycles. The molecule has 3 aromatic rings. The van der Waals surface area contributed by atoms with Crippen LogP contribution in [0.5, 0.6) is 0 Å². The van der Waals surface area contributed by atoms with Gasteiger partial charge in [-0.15, -0.1) is 0 Å². The summed E-state index contributed by atoms with van der Waals surface area (Å²) < 4.78 is 1.44. The third kappa shape index (κ3) is 4.38. The number of rotatable bonds is 5. The Bertz CT molecular complexity index is 1030. The van der Waals surface area contributed by atoms with E-state index in [0.717, 1.165) is 5.69 Å². The monoisotopic (exact) mass is 383 g/mol. The highest BCUT2D eigenvalue weighted by atomic mass is 35.5. The summed E-state index contributed by atoms with van der Waals surface area (Å²) in [5.74, 6) is -0.469. The second-order valence-corrected chi connectivity index (χ2v) is 6.48. The van der Waals surface area contributed by atoms with Crippen molar-refractivity contribution in [2.45, 2.75) is 26.9 Å². The van der Waals surface area contributed by atoms with Crippen LogP contribution < -0.4 is 10.9 Å². The largest absolute Gasteiger partial charge is 0.346 e. The first-order valence-corrected chi connectivity index (χ1v) is 8.68. The fourth-order valence-corrected chi connectivity index (χ4v) is 2.73. The Kier molecular flexibility index (Phi) is 5.61. The predicted octanol–water partition coefficient (Wildman–Crippen LogP) is 2.28. The fraction of sp³-hybridized carbons (Fsp3) is 0.211. The van der Waals surface area contributed by atoms with Crippen molar-refractivity contribution in [3.05, 3.63) is 86.6 Å². The fourth-order valence-electron chi connectivity index (χ4n) is 2.54. The van der Waals surface area contributed by atoms with Crippen molar-refractivity contribution in [3.8, 4) is 0 Å². The van der Waals surface area contributed by atoms with Gasteiger partial charge >= 0.3 is 0 Å². The van der Waals surface area contributed by atoms with Crippen molar-refractivity contribution < 1.29 is 4.79 Å². The number of carbonyl (C=O) groups excluding carboxylic acids is 1. The Morgan fingerprint density at radius 1 is 1.19 bits per heavy atom. The molecule has 138 valence electrons. The maximum Gasteiger partial charge on any atom is 0.264 e. The number of pyridine rings is 2. The van der Waals surface area contributed by atoms with Gasteiger partial charge in [0.15, 0.2) is 0 Å². The number of nitrogens with zero attached hydrogens (tertiary/aromatic N) is 4. The summed E-state index contributed by atoms with van der Waals surface area (Å²) in [6.07, 6.45) is 6.49. The third-order valence-corrected chi connectivity index (χ3v) is 4.36. The van der Waals surface area contributed by atoms with Crippen molar-refractivity contribution >= 4 is 17.5 Å². The molecule has 0 saturated heterocycles. The van der Waals surface area contributed by atoms with Crippen LogP contribution in [0.2, 0.25) is 5.02 Å². The highest BCUT2D eigenvalue weighted by molar-refractivity contribution is 6.31. The van der Waals surface area contributed by atoms with Gasteiger partial charge in [-0.2, -0.15) is 0 Å². The van der Waals surface area contributed by atoms with Crippen LogP contribution in [-0.4, -0.2) is 25.4 Å². The first kappa shape index (κ1) is 18.7. The normalized spacial score (nSPS) is 10.6. The van der Waals surface area contributed by atoms with E-state index in [4.69, 9.17) is 11.6 Å². The zero-order valence-electron chi connectivity index (χ0n) is 14.9.